The number of rotatable bonds is 3. The van der Waals surface area contributed by atoms with Crippen LogP contribution in [0.5, 0.6) is 0 Å². The van der Waals surface area contributed by atoms with Gasteiger partial charge >= 0.3 is 0 Å². The standard InChI is InChI=1S/C12H17NO3S/c1-11-3-5-12(6-4-11)9-17(14,15)13-7-2-8-16-10-13/h3-6H,2,7-10H2,1H3. The van der Waals surface area contributed by atoms with Crippen LogP contribution in [0.2, 0.25) is 0 Å². The summed E-state index contributed by atoms with van der Waals surface area (Å²) in [7, 11) is -3.24. The molecule has 0 unspecified atom stereocenters. The van der Waals surface area contributed by atoms with Gasteiger partial charge in [-0.25, -0.2) is 8.42 Å². The fourth-order valence-corrected chi connectivity index (χ4v) is 3.22. The third kappa shape index (κ3) is 3.28. The number of benzene rings is 1. The van der Waals surface area contributed by atoms with Crippen LogP contribution < -0.4 is 0 Å². The van der Waals surface area contributed by atoms with Gasteiger partial charge in [0.1, 0.15) is 6.73 Å². The molecule has 5 heteroatoms. The van der Waals surface area contributed by atoms with Crippen LogP contribution in [0.15, 0.2) is 24.3 Å². The molecular weight excluding hydrogens is 238 g/mol. The average molecular weight is 255 g/mol. The molecule has 17 heavy (non-hydrogen) atoms. The normalized spacial score (nSPS) is 18.2. The highest BCUT2D eigenvalue weighted by Crippen LogP contribution is 2.14. The summed E-state index contributed by atoms with van der Waals surface area (Å²) >= 11 is 0. The molecule has 1 aromatic rings. The Balaban J connectivity index is 2.08. The molecule has 1 aromatic carbocycles. The van der Waals surface area contributed by atoms with Crippen LogP contribution in [0.3, 0.4) is 0 Å². The van der Waals surface area contributed by atoms with Crippen molar-refractivity contribution in [3.8, 4) is 0 Å². The molecule has 1 aliphatic heterocycles. The van der Waals surface area contributed by atoms with Crippen molar-refractivity contribution in [1.82, 2.24) is 4.31 Å². The molecule has 0 bridgehead atoms. The summed E-state index contributed by atoms with van der Waals surface area (Å²) in [6.45, 7) is 3.38. The van der Waals surface area contributed by atoms with E-state index in [9.17, 15) is 8.42 Å². The molecule has 2 rings (SSSR count). The second-order valence-corrected chi connectivity index (χ2v) is 6.28. The minimum absolute atomic E-state index is 0.0522. The third-order valence-electron chi connectivity index (χ3n) is 2.79. The van der Waals surface area contributed by atoms with Crippen molar-refractivity contribution in [2.75, 3.05) is 19.9 Å². The van der Waals surface area contributed by atoms with Crippen molar-refractivity contribution in [2.45, 2.75) is 19.1 Å². The fourth-order valence-electron chi connectivity index (χ4n) is 1.78. The Bertz CT molecular complexity index is 461. The zero-order chi connectivity index (χ0) is 12.3. The van der Waals surface area contributed by atoms with Crippen molar-refractivity contribution < 1.29 is 13.2 Å². The van der Waals surface area contributed by atoms with Gasteiger partial charge in [-0.1, -0.05) is 29.8 Å². The minimum atomic E-state index is -3.24. The zero-order valence-electron chi connectivity index (χ0n) is 9.93. The molecule has 0 atom stereocenters. The largest absolute Gasteiger partial charge is 0.365 e. The predicted octanol–water partition coefficient (Wildman–Crippen LogP) is 1.50. The number of sulfonamides is 1. The van der Waals surface area contributed by atoms with Gasteiger partial charge in [0.2, 0.25) is 10.0 Å². The van der Waals surface area contributed by atoms with E-state index in [0.29, 0.717) is 13.2 Å². The monoisotopic (exact) mass is 255 g/mol. The van der Waals surface area contributed by atoms with Crippen LogP contribution in [0.4, 0.5) is 0 Å². The molecule has 0 aromatic heterocycles. The Morgan fingerprint density at radius 2 is 2.00 bits per heavy atom. The number of ether oxygens (including phenoxy) is 1. The molecule has 0 saturated carbocycles. The number of aryl methyl sites for hydroxylation is 1. The molecule has 0 N–H and O–H groups in total. The number of hydrogen-bond donors (Lipinski definition) is 0. The molecule has 94 valence electrons. The lowest BCUT2D eigenvalue weighted by molar-refractivity contribution is 0.0312. The first-order valence-electron chi connectivity index (χ1n) is 5.69. The van der Waals surface area contributed by atoms with Crippen LogP contribution in [0.25, 0.3) is 0 Å². The third-order valence-corrected chi connectivity index (χ3v) is 4.57. The lowest BCUT2D eigenvalue weighted by atomic mass is 10.2. The van der Waals surface area contributed by atoms with Crippen molar-refractivity contribution in [3.63, 3.8) is 0 Å². The van der Waals surface area contributed by atoms with E-state index in [1.54, 1.807) is 0 Å². The first-order chi connectivity index (χ1) is 8.08. The van der Waals surface area contributed by atoms with E-state index in [1.165, 1.54) is 4.31 Å². The number of hydrogen-bond acceptors (Lipinski definition) is 3. The Hall–Kier alpha value is -0.910. The van der Waals surface area contributed by atoms with Crippen molar-refractivity contribution in [2.24, 2.45) is 0 Å². The predicted molar refractivity (Wildman–Crippen MR) is 65.9 cm³/mol. The van der Waals surface area contributed by atoms with Gasteiger partial charge < -0.3 is 4.74 Å². The van der Waals surface area contributed by atoms with Gasteiger partial charge in [-0.05, 0) is 18.9 Å². The van der Waals surface area contributed by atoms with E-state index < -0.39 is 10.0 Å². The van der Waals surface area contributed by atoms with E-state index >= 15 is 0 Å². The summed E-state index contributed by atoms with van der Waals surface area (Å²) in [5, 5.41) is 0. The lowest BCUT2D eigenvalue weighted by Crippen LogP contribution is -2.38. The Morgan fingerprint density at radius 1 is 1.29 bits per heavy atom. The topological polar surface area (TPSA) is 46.6 Å². The van der Waals surface area contributed by atoms with E-state index in [4.69, 9.17) is 4.74 Å². The second kappa shape index (κ2) is 5.16. The lowest BCUT2D eigenvalue weighted by Gasteiger charge is -2.25. The molecule has 0 amide bonds. The molecular formula is C12H17NO3S. The second-order valence-electron chi connectivity index (χ2n) is 4.31. The maximum absolute atomic E-state index is 12.1. The van der Waals surface area contributed by atoms with Gasteiger partial charge in [0.25, 0.3) is 0 Å². The van der Waals surface area contributed by atoms with E-state index in [1.807, 2.05) is 31.2 Å². The van der Waals surface area contributed by atoms with Gasteiger partial charge in [0.15, 0.2) is 0 Å². The summed E-state index contributed by atoms with van der Waals surface area (Å²) in [6.07, 6.45) is 0.771. The van der Waals surface area contributed by atoms with Gasteiger partial charge in [0, 0.05) is 13.2 Å². The number of nitrogens with zero attached hydrogens (tertiary/aromatic N) is 1. The van der Waals surface area contributed by atoms with E-state index in [-0.39, 0.29) is 12.5 Å². The molecule has 0 spiro atoms. The summed E-state index contributed by atoms with van der Waals surface area (Å²) < 4.78 is 30.8. The van der Waals surface area contributed by atoms with Crippen LogP contribution in [0, 0.1) is 6.92 Å². The Morgan fingerprint density at radius 3 is 2.59 bits per heavy atom. The minimum Gasteiger partial charge on any atom is -0.365 e. The molecule has 1 saturated heterocycles. The smallest absolute Gasteiger partial charge is 0.220 e. The van der Waals surface area contributed by atoms with Crippen LogP contribution in [-0.2, 0) is 20.5 Å². The first-order valence-corrected chi connectivity index (χ1v) is 7.30. The highest BCUT2D eigenvalue weighted by Gasteiger charge is 2.24. The molecule has 0 aliphatic carbocycles. The molecule has 1 heterocycles. The summed E-state index contributed by atoms with van der Waals surface area (Å²) in [5.74, 6) is 0.0522. The van der Waals surface area contributed by atoms with Crippen molar-refractivity contribution in [3.05, 3.63) is 35.4 Å². The van der Waals surface area contributed by atoms with E-state index in [0.717, 1.165) is 17.5 Å². The highest BCUT2D eigenvalue weighted by molar-refractivity contribution is 7.88. The van der Waals surface area contributed by atoms with Crippen LogP contribution >= 0.6 is 0 Å². The Kier molecular flexibility index (Phi) is 3.81. The maximum atomic E-state index is 12.1. The molecule has 1 fully saturated rings. The van der Waals surface area contributed by atoms with Crippen molar-refractivity contribution in [1.29, 1.82) is 0 Å². The van der Waals surface area contributed by atoms with Gasteiger partial charge in [-0.3, -0.25) is 0 Å². The quantitative estimate of drug-likeness (QED) is 0.822. The van der Waals surface area contributed by atoms with Crippen LogP contribution in [-0.4, -0.2) is 32.6 Å². The summed E-state index contributed by atoms with van der Waals surface area (Å²) in [4.78, 5) is 0. The molecule has 4 nitrogen and oxygen atoms in total. The maximum Gasteiger partial charge on any atom is 0.220 e. The molecule has 1 aliphatic rings. The average Bonchev–Trinajstić information content (AvgIpc) is 2.33. The van der Waals surface area contributed by atoms with Gasteiger partial charge in [-0.15, -0.1) is 0 Å². The van der Waals surface area contributed by atoms with Gasteiger partial charge in [0.05, 0.1) is 5.75 Å². The SMILES string of the molecule is Cc1ccc(CS(=O)(=O)N2CCCOC2)cc1. The van der Waals surface area contributed by atoms with E-state index in [2.05, 4.69) is 0 Å². The van der Waals surface area contributed by atoms with Crippen LogP contribution in [0.1, 0.15) is 17.5 Å². The Labute approximate surface area is 102 Å². The highest BCUT2D eigenvalue weighted by atomic mass is 32.2. The van der Waals surface area contributed by atoms with Crippen molar-refractivity contribution >= 4 is 10.0 Å². The fraction of sp³-hybridized carbons (Fsp3) is 0.500. The molecule has 0 radical (unpaired) electrons. The zero-order valence-corrected chi connectivity index (χ0v) is 10.7. The summed E-state index contributed by atoms with van der Waals surface area (Å²) in [5.41, 5.74) is 1.95. The summed E-state index contributed by atoms with van der Waals surface area (Å²) in [6, 6.07) is 7.57. The van der Waals surface area contributed by atoms with Gasteiger partial charge in [-0.2, -0.15) is 4.31 Å². The first kappa shape index (κ1) is 12.5.